The Bertz CT molecular complexity index is 379. The molecule has 2 unspecified atom stereocenters. The van der Waals surface area contributed by atoms with Crippen LogP contribution in [0.2, 0.25) is 0 Å². The second kappa shape index (κ2) is 5.09. The SMILES string of the molecule is Cc1cc(N2CC(C)CC(C)C2)ccc1CO. The molecule has 0 aliphatic carbocycles. The molecule has 0 aromatic heterocycles. The van der Waals surface area contributed by atoms with Crippen molar-refractivity contribution in [3.05, 3.63) is 29.3 Å². The predicted octanol–water partition coefficient (Wildman–Crippen LogP) is 2.97. The van der Waals surface area contributed by atoms with Gasteiger partial charge in [-0.1, -0.05) is 19.9 Å². The molecule has 1 aliphatic heterocycles. The number of nitrogens with zero attached hydrogens (tertiary/aromatic N) is 1. The zero-order chi connectivity index (χ0) is 12.4. The van der Waals surface area contributed by atoms with Gasteiger partial charge in [0.25, 0.3) is 0 Å². The van der Waals surface area contributed by atoms with Crippen LogP contribution in [0.1, 0.15) is 31.4 Å². The fourth-order valence-corrected chi connectivity index (χ4v) is 2.93. The van der Waals surface area contributed by atoms with E-state index in [-0.39, 0.29) is 6.61 Å². The van der Waals surface area contributed by atoms with Crippen LogP contribution in [0.15, 0.2) is 18.2 Å². The average molecular weight is 233 g/mol. The second-order valence-electron chi connectivity index (χ2n) is 5.62. The Labute approximate surface area is 104 Å². The minimum Gasteiger partial charge on any atom is -0.392 e. The first-order valence-electron chi connectivity index (χ1n) is 6.55. The van der Waals surface area contributed by atoms with Crippen LogP contribution in [0.25, 0.3) is 0 Å². The van der Waals surface area contributed by atoms with Crippen molar-refractivity contribution in [2.24, 2.45) is 11.8 Å². The third kappa shape index (κ3) is 2.81. The number of benzene rings is 1. The average Bonchev–Trinajstić information content (AvgIpc) is 2.27. The Morgan fingerprint density at radius 3 is 2.41 bits per heavy atom. The maximum absolute atomic E-state index is 9.19. The minimum absolute atomic E-state index is 0.138. The van der Waals surface area contributed by atoms with Crippen molar-refractivity contribution in [3.8, 4) is 0 Å². The number of aliphatic hydroxyl groups excluding tert-OH is 1. The molecule has 1 heterocycles. The standard InChI is InChI=1S/C15H23NO/c1-11-6-12(2)9-16(8-11)15-5-4-14(10-17)13(3)7-15/h4-5,7,11-12,17H,6,8-10H2,1-3H3. The monoisotopic (exact) mass is 233 g/mol. The third-order valence-electron chi connectivity index (χ3n) is 3.73. The van der Waals surface area contributed by atoms with E-state index in [2.05, 4.69) is 43.9 Å². The Morgan fingerprint density at radius 1 is 1.24 bits per heavy atom. The summed E-state index contributed by atoms with van der Waals surface area (Å²) in [4.78, 5) is 2.48. The van der Waals surface area contributed by atoms with Crippen LogP contribution < -0.4 is 4.90 Å². The normalized spacial score (nSPS) is 25.1. The molecule has 0 spiro atoms. The first kappa shape index (κ1) is 12.4. The largest absolute Gasteiger partial charge is 0.392 e. The van der Waals surface area contributed by atoms with E-state index >= 15 is 0 Å². The minimum atomic E-state index is 0.138. The van der Waals surface area contributed by atoms with Gasteiger partial charge in [0.2, 0.25) is 0 Å². The molecule has 1 saturated heterocycles. The quantitative estimate of drug-likeness (QED) is 0.849. The van der Waals surface area contributed by atoms with Crippen molar-refractivity contribution >= 4 is 5.69 Å². The molecule has 2 heteroatoms. The third-order valence-corrected chi connectivity index (χ3v) is 3.73. The number of rotatable bonds is 2. The number of aryl methyl sites for hydroxylation is 1. The van der Waals surface area contributed by atoms with E-state index in [1.165, 1.54) is 17.7 Å². The molecule has 17 heavy (non-hydrogen) atoms. The lowest BCUT2D eigenvalue weighted by atomic mass is 9.91. The molecule has 94 valence electrons. The van der Waals surface area contributed by atoms with Gasteiger partial charge in [-0.3, -0.25) is 0 Å². The number of anilines is 1. The lowest BCUT2D eigenvalue weighted by Gasteiger charge is -2.36. The van der Waals surface area contributed by atoms with Crippen molar-refractivity contribution in [1.82, 2.24) is 0 Å². The highest BCUT2D eigenvalue weighted by atomic mass is 16.3. The Hall–Kier alpha value is -1.02. The van der Waals surface area contributed by atoms with Crippen molar-refractivity contribution in [1.29, 1.82) is 0 Å². The highest BCUT2D eigenvalue weighted by molar-refractivity contribution is 5.51. The molecule has 1 aromatic carbocycles. The first-order valence-corrected chi connectivity index (χ1v) is 6.55. The Morgan fingerprint density at radius 2 is 1.88 bits per heavy atom. The summed E-state index contributed by atoms with van der Waals surface area (Å²) in [5.41, 5.74) is 3.53. The molecule has 0 amide bonds. The summed E-state index contributed by atoms with van der Waals surface area (Å²) in [6, 6.07) is 6.40. The van der Waals surface area contributed by atoms with E-state index < -0.39 is 0 Å². The van der Waals surface area contributed by atoms with Gasteiger partial charge in [0.1, 0.15) is 0 Å². The van der Waals surface area contributed by atoms with Gasteiger partial charge in [-0.05, 0) is 48.4 Å². The van der Waals surface area contributed by atoms with Gasteiger partial charge in [0.05, 0.1) is 6.61 Å². The van der Waals surface area contributed by atoms with Gasteiger partial charge in [-0.15, -0.1) is 0 Å². The second-order valence-corrected chi connectivity index (χ2v) is 5.62. The molecule has 0 radical (unpaired) electrons. The van der Waals surface area contributed by atoms with E-state index in [0.717, 1.165) is 30.5 Å². The number of piperidine rings is 1. The zero-order valence-corrected chi connectivity index (χ0v) is 11.1. The lowest BCUT2D eigenvalue weighted by Crippen LogP contribution is -2.38. The van der Waals surface area contributed by atoms with Gasteiger partial charge in [-0.2, -0.15) is 0 Å². The lowest BCUT2D eigenvalue weighted by molar-refractivity contribution is 0.281. The topological polar surface area (TPSA) is 23.5 Å². The summed E-state index contributed by atoms with van der Waals surface area (Å²) in [6.07, 6.45) is 1.34. The number of hydrogen-bond acceptors (Lipinski definition) is 2. The summed E-state index contributed by atoms with van der Waals surface area (Å²) in [5.74, 6) is 1.55. The van der Waals surface area contributed by atoms with Gasteiger partial charge < -0.3 is 10.0 Å². The molecular weight excluding hydrogens is 210 g/mol. The highest BCUT2D eigenvalue weighted by Crippen LogP contribution is 2.27. The summed E-state index contributed by atoms with van der Waals surface area (Å²) in [5, 5.41) is 9.19. The van der Waals surface area contributed by atoms with Crippen LogP contribution >= 0.6 is 0 Å². The molecule has 0 saturated carbocycles. The van der Waals surface area contributed by atoms with Crippen LogP contribution in [0.3, 0.4) is 0 Å². The number of hydrogen-bond donors (Lipinski definition) is 1. The molecule has 1 N–H and O–H groups in total. The Kier molecular flexibility index (Phi) is 3.72. The molecule has 1 aromatic rings. The Balaban J connectivity index is 2.19. The fourth-order valence-electron chi connectivity index (χ4n) is 2.93. The van der Waals surface area contributed by atoms with E-state index in [1.54, 1.807) is 0 Å². The molecule has 1 aliphatic rings. The van der Waals surface area contributed by atoms with Crippen LogP contribution in [-0.2, 0) is 6.61 Å². The zero-order valence-electron chi connectivity index (χ0n) is 11.1. The fraction of sp³-hybridized carbons (Fsp3) is 0.600. The summed E-state index contributed by atoms with van der Waals surface area (Å²) in [7, 11) is 0. The molecule has 0 bridgehead atoms. The van der Waals surface area contributed by atoms with Gasteiger partial charge in [0, 0.05) is 18.8 Å². The molecule has 1 fully saturated rings. The van der Waals surface area contributed by atoms with Gasteiger partial charge in [-0.25, -0.2) is 0 Å². The van der Waals surface area contributed by atoms with E-state index in [9.17, 15) is 5.11 Å². The van der Waals surface area contributed by atoms with E-state index in [1.807, 2.05) is 0 Å². The maximum atomic E-state index is 9.19. The molecule has 2 nitrogen and oxygen atoms in total. The van der Waals surface area contributed by atoms with E-state index in [0.29, 0.717) is 0 Å². The van der Waals surface area contributed by atoms with Crippen molar-refractivity contribution in [2.45, 2.75) is 33.8 Å². The van der Waals surface area contributed by atoms with E-state index in [4.69, 9.17) is 0 Å². The molecule has 2 atom stereocenters. The van der Waals surface area contributed by atoms with Crippen molar-refractivity contribution in [3.63, 3.8) is 0 Å². The summed E-state index contributed by atoms with van der Waals surface area (Å²) in [6.45, 7) is 9.19. The maximum Gasteiger partial charge on any atom is 0.0684 e. The van der Waals surface area contributed by atoms with Crippen molar-refractivity contribution < 1.29 is 5.11 Å². The van der Waals surface area contributed by atoms with Gasteiger partial charge in [0.15, 0.2) is 0 Å². The van der Waals surface area contributed by atoms with Crippen molar-refractivity contribution in [2.75, 3.05) is 18.0 Å². The van der Waals surface area contributed by atoms with Crippen LogP contribution in [0.4, 0.5) is 5.69 Å². The first-order chi connectivity index (χ1) is 8.10. The highest BCUT2D eigenvalue weighted by Gasteiger charge is 2.22. The smallest absolute Gasteiger partial charge is 0.0684 e. The van der Waals surface area contributed by atoms with Crippen LogP contribution in [0, 0.1) is 18.8 Å². The van der Waals surface area contributed by atoms with Crippen LogP contribution in [-0.4, -0.2) is 18.2 Å². The predicted molar refractivity (Wildman–Crippen MR) is 72.3 cm³/mol. The summed E-state index contributed by atoms with van der Waals surface area (Å²) >= 11 is 0. The summed E-state index contributed by atoms with van der Waals surface area (Å²) < 4.78 is 0. The number of aliphatic hydroxyl groups is 1. The van der Waals surface area contributed by atoms with Crippen LogP contribution in [0.5, 0.6) is 0 Å². The molecule has 2 rings (SSSR count). The molecular formula is C15H23NO. The van der Waals surface area contributed by atoms with Gasteiger partial charge >= 0.3 is 0 Å².